The van der Waals surface area contributed by atoms with Crippen molar-refractivity contribution in [3.05, 3.63) is 29.3 Å². The van der Waals surface area contributed by atoms with E-state index >= 15 is 0 Å². The monoisotopic (exact) mass is 291 g/mol. The molecule has 2 rings (SSSR count). The molecule has 1 fully saturated rings. The van der Waals surface area contributed by atoms with Crippen molar-refractivity contribution in [3.63, 3.8) is 0 Å². The summed E-state index contributed by atoms with van der Waals surface area (Å²) in [5.74, 6) is 1.04. The summed E-state index contributed by atoms with van der Waals surface area (Å²) in [6.45, 7) is 4.25. The zero-order valence-electron chi connectivity index (χ0n) is 13.6. The number of benzene rings is 1. The quantitative estimate of drug-likeness (QED) is 0.870. The molecule has 1 aliphatic carbocycles. The molecule has 3 unspecified atom stereocenters. The van der Waals surface area contributed by atoms with E-state index in [4.69, 9.17) is 15.2 Å². The van der Waals surface area contributed by atoms with Crippen molar-refractivity contribution < 1.29 is 9.47 Å². The minimum atomic E-state index is 0.201. The van der Waals surface area contributed by atoms with Crippen LogP contribution < -0.4 is 10.5 Å². The van der Waals surface area contributed by atoms with E-state index in [0.717, 1.165) is 37.9 Å². The molecule has 0 bridgehead atoms. The molecule has 1 saturated carbocycles. The van der Waals surface area contributed by atoms with Crippen molar-refractivity contribution in [1.82, 2.24) is 0 Å². The van der Waals surface area contributed by atoms with E-state index in [9.17, 15) is 0 Å². The van der Waals surface area contributed by atoms with E-state index in [1.807, 2.05) is 0 Å². The molecule has 2 N–H and O–H groups in total. The molecule has 3 nitrogen and oxygen atoms in total. The van der Waals surface area contributed by atoms with Gasteiger partial charge in [0.2, 0.25) is 0 Å². The zero-order valence-corrected chi connectivity index (χ0v) is 13.6. The largest absolute Gasteiger partial charge is 0.490 e. The molecule has 1 aromatic rings. The Bertz CT molecular complexity index is 447. The second-order valence-corrected chi connectivity index (χ2v) is 6.20. The van der Waals surface area contributed by atoms with Gasteiger partial charge in [0, 0.05) is 19.6 Å². The summed E-state index contributed by atoms with van der Waals surface area (Å²) in [5, 5.41) is 0. The summed E-state index contributed by atoms with van der Waals surface area (Å²) in [6.07, 6.45) is 6.92. The minimum absolute atomic E-state index is 0.201. The third-order valence-corrected chi connectivity index (χ3v) is 4.50. The summed E-state index contributed by atoms with van der Waals surface area (Å²) in [6, 6.07) is 6.56. The third kappa shape index (κ3) is 4.45. The Hall–Kier alpha value is -1.06. The van der Waals surface area contributed by atoms with Crippen LogP contribution in [0.1, 0.15) is 50.2 Å². The second kappa shape index (κ2) is 7.81. The molecule has 0 radical (unpaired) electrons. The number of aryl methyl sites for hydroxylation is 1. The molecule has 0 spiro atoms. The lowest BCUT2D eigenvalue weighted by atomic mass is 9.94. The standard InChI is InChI=1S/C18H29NO2/c1-4-15(19)11-14-8-5-7-13(2)18(14)21-17-10-6-9-16(12-17)20-3/h5,7-8,15-17H,4,6,9-12,19H2,1-3H3. The number of methoxy groups -OCH3 is 1. The van der Waals surface area contributed by atoms with Crippen molar-refractivity contribution >= 4 is 0 Å². The molecule has 21 heavy (non-hydrogen) atoms. The van der Waals surface area contributed by atoms with Crippen LogP contribution in [0.2, 0.25) is 0 Å². The fraction of sp³-hybridized carbons (Fsp3) is 0.667. The summed E-state index contributed by atoms with van der Waals surface area (Å²) in [4.78, 5) is 0. The molecule has 0 aliphatic heterocycles. The number of ether oxygens (including phenoxy) is 2. The van der Waals surface area contributed by atoms with Gasteiger partial charge in [0.15, 0.2) is 0 Å². The van der Waals surface area contributed by atoms with Crippen LogP contribution in [-0.2, 0) is 11.2 Å². The SMILES string of the molecule is CCC(N)Cc1cccc(C)c1OC1CCCC(OC)C1. The van der Waals surface area contributed by atoms with Gasteiger partial charge in [-0.3, -0.25) is 0 Å². The van der Waals surface area contributed by atoms with E-state index in [1.54, 1.807) is 7.11 Å². The number of para-hydroxylation sites is 1. The van der Waals surface area contributed by atoms with Gasteiger partial charge in [-0.15, -0.1) is 0 Å². The summed E-state index contributed by atoms with van der Waals surface area (Å²) in [7, 11) is 1.80. The van der Waals surface area contributed by atoms with Crippen molar-refractivity contribution in [2.45, 2.75) is 70.6 Å². The van der Waals surface area contributed by atoms with Crippen LogP contribution in [0.4, 0.5) is 0 Å². The van der Waals surface area contributed by atoms with Crippen molar-refractivity contribution in [2.24, 2.45) is 5.73 Å². The van der Waals surface area contributed by atoms with Crippen molar-refractivity contribution in [1.29, 1.82) is 0 Å². The van der Waals surface area contributed by atoms with Gasteiger partial charge >= 0.3 is 0 Å². The highest BCUT2D eigenvalue weighted by Gasteiger charge is 2.24. The minimum Gasteiger partial charge on any atom is -0.490 e. The first kappa shape index (κ1) is 16.3. The highest BCUT2D eigenvalue weighted by molar-refractivity contribution is 5.41. The van der Waals surface area contributed by atoms with E-state index in [-0.39, 0.29) is 12.1 Å². The topological polar surface area (TPSA) is 44.5 Å². The van der Waals surface area contributed by atoms with Gasteiger partial charge in [-0.05, 0) is 50.2 Å². The number of nitrogens with two attached hydrogens (primary N) is 1. The van der Waals surface area contributed by atoms with E-state index < -0.39 is 0 Å². The Morgan fingerprint density at radius 1 is 1.29 bits per heavy atom. The van der Waals surface area contributed by atoms with Crippen LogP contribution in [0, 0.1) is 6.92 Å². The fourth-order valence-electron chi connectivity index (χ4n) is 3.06. The van der Waals surface area contributed by atoms with Crippen LogP contribution in [0.5, 0.6) is 5.75 Å². The lowest BCUT2D eigenvalue weighted by molar-refractivity contribution is 0.0204. The molecular formula is C18H29NO2. The number of hydrogen-bond donors (Lipinski definition) is 1. The van der Waals surface area contributed by atoms with Gasteiger partial charge in [-0.2, -0.15) is 0 Å². The predicted molar refractivity (Wildman–Crippen MR) is 86.8 cm³/mol. The van der Waals surface area contributed by atoms with E-state index in [2.05, 4.69) is 32.0 Å². The average molecular weight is 291 g/mol. The Kier molecular flexibility index (Phi) is 6.07. The second-order valence-electron chi connectivity index (χ2n) is 6.20. The molecule has 0 heterocycles. The Morgan fingerprint density at radius 2 is 2.05 bits per heavy atom. The van der Waals surface area contributed by atoms with Gasteiger partial charge in [0.05, 0.1) is 6.10 Å². The van der Waals surface area contributed by atoms with Gasteiger partial charge in [0.1, 0.15) is 11.9 Å². The smallest absolute Gasteiger partial charge is 0.125 e. The van der Waals surface area contributed by atoms with Crippen LogP contribution >= 0.6 is 0 Å². The lowest BCUT2D eigenvalue weighted by Crippen LogP contribution is -2.30. The van der Waals surface area contributed by atoms with E-state index in [1.165, 1.54) is 17.5 Å². The predicted octanol–water partition coefficient (Wildman–Crippen LogP) is 3.61. The average Bonchev–Trinajstić information content (AvgIpc) is 2.50. The van der Waals surface area contributed by atoms with E-state index in [0.29, 0.717) is 6.10 Å². The molecular weight excluding hydrogens is 262 g/mol. The highest BCUT2D eigenvalue weighted by Crippen LogP contribution is 2.30. The fourth-order valence-corrected chi connectivity index (χ4v) is 3.06. The first-order valence-corrected chi connectivity index (χ1v) is 8.17. The normalized spacial score (nSPS) is 23.8. The van der Waals surface area contributed by atoms with Gasteiger partial charge < -0.3 is 15.2 Å². The summed E-state index contributed by atoms with van der Waals surface area (Å²) in [5.41, 5.74) is 8.57. The van der Waals surface area contributed by atoms with Crippen LogP contribution in [0.15, 0.2) is 18.2 Å². The zero-order chi connectivity index (χ0) is 15.2. The molecule has 1 aromatic carbocycles. The van der Waals surface area contributed by atoms with Crippen LogP contribution in [0.3, 0.4) is 0 Å². The van der Waals surface area contributed by atoms with Gasteiger partial charge in [-0.1, -0.05) is 25.1 Å². The first-order valence-electron chi connectivity index (χ1n) is 8.17. The number of rotatable bonds is 6. The molecule has 0 amide bonds. The molecule has 1 aliphatic rings. The van der Waals surface area contributed by atoms with Crippen molar-refractivity contribution in [2.75, 3.05) is 7.11 Å². The number of hydrogen-bond acceptors (Lipinski definition) is 3. The molecule has 0 saturated heterocycles. The maximum atomic E-state index is 6.36. The lowest BCUT2D eigenvalue weighted by Gasteiger charge is -2.30. The maximum Gasteiger partial charge on any atom is 0.125 e. The molecule has 3 heteroatoms. The van der Waals surface area contributed by atoms with Gasteiger partial charge in [-0.25, -0.2) is 0 Å². The summed E-state index contributed by atoms with van der Waals surface area (Å²) >= 11 is 0. The summed E-state index contributed by atoms with van der Waals surface area (Å²) < 4.78 is 11.9. The Morgan fingerprint density at radius 3 is 2.76 bits per heavy atom. The highest BCUT2D eigenvalue weighted by atomic mass is 16.5. The van der Waals surface area contributed by atoms with Crippen LogP contribution in [0.25, 0.3) is 0 Å². The molecule has 118 valence electrons. The third-order valence-electron chi connectivity index (χ3n) is 4.50. The van der Waals surface area contributed by atoms with Gasteiger partial charge in [0.25, 0.3) is 0 Å². The van der Waals surface area contributed by atoms with Crippen LogP contribution in [-0.4, -0.2) is 25.4 Å². The molecule has 3 atom stereocenters. The maximum absolute atomic E-state index is 6.36. The first-order chi connectivity index (χ1) is 10.1. The Balaban J connectivity index is 2.10. The van der Waals surface area contributed by atoms with Crippen molar-refractivity contribution in [3.8, 4) is 5.75 Å². The Labute approximate surface area is 128 Å². The molecule has 0 aromatic heterocycles.